The lowest BCUT2D eigenvalue weighted by molar-refractivity contribution is 0.0600. The minimum atomic E-state index is -1.71. The molecule has 0 spiro atoms. The Kier molecular flexibility index (Phi) is 6.19. The van der Waals surface area contributed by atoms with Gasteiger partial charge in [0.05, 0.1) is 36.1 Å². The van der Waals surface area contributed by atoms with Gasteiger partial charge in [0, 0.05) is 31.5 Å². The van der Waals surface area contributed by atoms with Crippen LogP contribution in [0.1, 0.15) is 27.4 Å². The van der Waals surface area contributed by atoms with Gasteiger partial charge in [-0.05, 0) is 28.8 Å². The zero-order valence-corrected chi connectivity index (χ0v) is 18.7. The van der Waals surface area contributed by atoms with Gasteiger partial charge < -0.3 is 10.5 Å². The predicted molar refractivity (Wildman–Crippen MR) is 124 cm³/mol. The quantitative estimate of drug-likeness (QED) is 0.709. The van der Waals surface area contributed by atoms with Crippen LogP contribution >= 0.6 is 0 Å². The van der Waals surface area contributed by atoms with Crippen molar-refractivity contribution in [2.45, 2.75) is 12.5 Å². The van der Waals surface area contributed by atoms with Crippen molar-refractivity contribution in [1.29, 1.82) is 15.8 Å². The van der Waals surface area contributed by atoms with Gasteiger partial charge >= 0.3 is 5.97 Å². The second-order valence-electron chi connectivity index (χ2n) is 8.47. The normalized spacial score (nSPS) is 21.3. The average Bonchev–Trinajstić information content (AvgIpc) is 2.88. The molecular weight excluding hydrogens is 426 g/mol. The number of hydrogen-bond acceptors (Lipinski definition) is 7. The fourth-order valence-electron chi connectivity index (χ4n) is 5.03. The van der Waals surface area contributed by atoms with Gasteiger partial charge in [0.2, 0.25) is 0 Å². The summed E-state index contributed by atoms with van der Waals surface area (Å²) in [5.74, 6) is -1.39. The molecule has 0 saturated carbocycles. The first-order valence-electron chi connectivity index (χ1n) is 10.9. The Morgan fingerprint density at radius 3 is 2.38 bits per heavy atom. The summed E-state index contributed by atoms with van der Waals surface area (Å²) in [6.07, 6.45) is 1.98. The van der Waals surface area contributed by atoms with Gasteiger partial charge in [-0.25, -0.2) is 4.79 Å². The molecule has 0 bridgehead atoms. The first-order valence-corrected chi connectivity index (χ1v) is 10.9. The van der Waals surface area contributed by atoms with Crippen LogP contribution in [0.15, 0.2) is 77.5 Å². The van der Waals surface area contributed by atoms with E-state index in [0.29, 0.717) is 30.8 Å². The third-order valence-corrected chi connectivity index (χ3v) is 6.68. The number of hydrogen-bond donors (Lipinski definition) is 1. The zero-order valence-electron chi connectivity index (χ0n) is 18.7. The van der Waals surface area contributed by atoms with E-state index in [1.54, 1.807) is 24.3 Å². The lowest BCUT2D eigenvalue weighted by Gasteiger charge is -2.45. The Bertz CT molecular complexity index is 1280. The fraction of sp³-hybridized carbons (Fsp3) is 0.259. The van der Waals surface area contributed by atoms with Gasteiger partial charge in [-0.2, -0.15) is 15.8 Å². The Morgan fingerprint density at radius 1 is 1.12 bits per heavy atom. The van der Waals surface area contributed by atoms with Crippen LogP contribution in [0.2, 0.25) is 0 Å². The number of nitrogens with zero attached hydrogens (tertiary/aromatic N) is 4. The first kappa shape index (κ1) is 22.8. The number of rotatable bonds is 4. The van der Waals surface area contributed by atoms with Gasteiger partial charge in [0.15, 0.2) is 5.41 Å². The molecule has 7 heteroatoms. The standard InChI is InChI=1S/C27H23N5O2/c1-34-26(33)20-9-7-19(8-10-20)24-23-15-32(14-18-5-3-2-4-6-18)12-11-21(23)22(13-28)25(31)27(24,16-29)17-30/h2-11,23-24H,12,14-15,31H2,1H3/t23-,24+/m0/s1. The van der Waals surface area contributed by atoms with Crippen molar-refractivity contribution in [3.63, 3.8) is 0 Å². The molecule has 1 aliphatic heterocycles. The van der Waals surface area contributed by atoms with Crippen molar-refractivity contribution in [2.75, 3.05) is 20.2 Å². The van der Waals surface area contributed by atoms with Crippen molar-refractivity contribution in [1.82, 2.24) is 4.90 Å². The van der Waals surface area contributed by atoms with Crippen molar-refractivity contribution in [3.05, 3.63) is 94.2 Å². The molecule has 1 heterocycles. The third-order valence-electron chi connectivity index (χ3n) is 6.68. The first-order chi connectivity index (χ1) is 16.5. The summed E-state index contributed by atoms with van der Waals surface area (Å²) in [6.45, 7) is 1.87. The lowest BCUT2D eigenvalue weighted by atomic mass is 9.58. The Labute approximate surface area is 198 Å². The third kappa shape index (κ3) is 3.71. The topological polar surface area (TPSA) is 127 Å². The molecule has 0 aromatic heterocycles. The average molecular weight is 450 g/mol. The van der Waals surface area contributed by atoms with Gasteiger partial charge in [0.1, 0.15) is 6.07 Å². The van der Waals surface area contributed by atoms with E-state index in [-0.39, 0.29) is 17.2 Å². The summed E-state index contributed by atoms with van der Waals surface area (Å²) in [5.41, 5.74) is 7.85. The molecule has 0 amide bonds. The molecular formula is C27H23N5O2. The summed E-state index contributed by atoms with van der Waals surface area (Å²) >= 11 is 0. The van der Waals surface area contributed by atoms with E-state index in [9.17, 15) is 20.6 Å². The van der Waals surface area contributed by atoms with Crippen molar-refractivity contribution < 1.29 is 9.53 Å². The fourth-order valence-corrected chi connectivity index (χ4v) is 5.03. The molecule has 0 saturated heterocycles. The van der Waals surface area contributed by atoms with Crippen LogP contribution in [-0.4, -0.2) is 31.1 Å². The van der Waals surface area contributed by atoms with E-state index >= 15 is 0 Å². The highest BCUT2D eigenvalue weighted by atomic mass is 16.5. The van der Waals surface area contributed by atoms with Crippen molar-refractivity contribution in [2.24, 2.45) is 17.1 Å². The molecule has 0 radical (unpaired) electrons. The number of nitriles is 3. The number of methoxy groups -OCH3 is 1. The maximum absolute atomic E-state index is 11.9. The van der Waals surface area contributed by atoms with E-state index in [0.717, 1.165) is 11.1 Å². The highest BCUT2D eigenvalue weighted by Gasteiger charge is 2.54. The predicted octanol–water partition coefficient (Wildman–Crippen LogP) is 3.40. The Morgan fingerprint density at radius 2 is 1.79 bits per heavy atom. The number of carbonyl (C=O) groups is 1. The van der Waals surface area contributed by atoms with E-state index in [4.69, 9.17) is 10.5 Å². The number of esters is 1. The summed E-state index contributed by atoms with van der Waals surface area (Å²) < 4.78 is 4.78. The number of ether oxygens (including phenoxy) is 1. The summed E-state index contributed by atoms with van der Waals surface area (Å²) in [6, 6.07) is 23.2. The van der Waals surface area contributed by atoms with Gasteiger partial charge in [-0.3, -0.25) is 4.90 Å². The van der Waals surface area contributed by atoms with Crippen LogP contribution < -0.4 is 5.73 Å². The number of allylic oxidation sites excluding steroid dienone is 2. The molecule has 4 rings (SSSR count). The highest BCUT2D eigenvalue weighted by Crippen LogP contribution is 2.54. The lowest BCUT2D eigenvalue weighted by Crippen LogP contribution is -2.47. The molecule has 2 N–H and O–H groups in total. The molecule has 2 atom stereocenters. The molecule has 2 aromatic carbocycles. The molecule has 2 aliphatic rings. The zero-order chi connectivity index (χ0) is 24.3. The summed E-state index contributed by atoms with van der Waals surface area (Å²) in [7, 11) is 1.31. The van der Waals surface area contributed by atoms with E-state index in [2.05, 4.69) is 35.2 Å². The Balaban J connectivity index is 1.82. The maximum Gasteiger partial charge on any atom is 0.337 e. The minimum absolute atomic E-state index is 0.0129. The van der Waals surface area contributed by atoms with Crippen LogP contribution in [-0.2, 0) is 11.3 Å². The second-order valence-corrected chi connectivity index (χ2v) is 8.47. The minimum Gasteiger partial charge on any atom is -0.465 e. The molecule has 7 nitrogen and oxygen atoms in total. The molecule has 168 valence electrons. The van der Waals surface area contributed by atoms with Crippen LogP contribution in [0.4, 0.5) is 0 Å². The Hall–Kier alpha value is -4.38. The molecule has 34 heavy (non-hydrogen) atoms. The van der Waals surface area contributed by atoms with E-state index in [1.165, 1.54) is 7.11 Å². The highest BCUT2D eigenvalue weighted by molar-refractivity contribution is 5.89. The van der Waals surface area contributed by atoms with Gasteiger partial charge in [-0.1, -0.05) is 48.5 Å². The van der Waals surface area contributed by atoms with Crippen LogP contribution in [0.5, 0.6) is 0 Å². The van der Waals surface area contributed by atoms with E-state index in [1.807, 2.05) is 24.3 Å². The molecule has 2 aromatic rings. The van der Waals surface area contributed by atoms with Crippen LogP contribution in [0.25, 0.3) is 0 Å². The monoisotopic (exact) mass is 449 g/mol. The number of nitrogens with two attached hydrogens (primary N) is 1. The number of fused-ring (bicyclic) bond motifs is 1. The molecule has 0 fully saturated rings. The smallest absolute Gasteiger partial charge is 0.337 e. The van der Waals surface area contributed by atoms with Crippen LogP contribution in [0, 0.1) is 45.3 Å². The van der Waals surface area contributed by atoms with E-state index < -0.39 is 17.3 Å². The number of benzene rings is 2. The van der Waals surface area contributed by atoms with Gasteiger partial charge in [-0.15, -0.1) is 0 Å². The molecule has 0 unspecified atom stereocenters. The summed E-state index contributed by atoms with van der Waals surface area (Å²) in [5, 5.41) is 30.3. The largest absolute Gasteiger partial charge is 0.465 e. The van der Waals surface area contributed by atoms with Crippen molar-refractivity contribution in [3.8, 4) is 18.2 Å². The van der Waals surface area contributed by atoms with Crippen molar-refractivity contribution >= 4 is 5.97 Å². The SMILES string of the molecule is COC(=O)c1ccc([C@@H]2[C@H]3CN(Cc4ccccc4)CC=C3C(C#N)=C(N)C2(C#N)C#N)cc1. The van der Waals surface area contributed by atoms with Crippen LogP contribution in [0.3, 0.4) is 0 Å². The maximum atomic E-state index is 11.9. The summed E-state index contributed by atoms with van der Waals surface area (Å²) in [4.78, 5) is 14.1. The molecule has 1 aliphatic carbocycles. The number of carbonyl (C=O) groups excluding carboxylic acids is 1. The van der Waals surface area contributed by atoms with Gasteiger partial charge in [0.25, 0.3) is 0 Å². The second kappa shape index (κ2) is 9.24.